The number of aromatic nitrogens is 5. The molecule has 7 heteroatoms. The van der Waals surface area contributed by atoms with Gasteiger partial charge in [0, 0.05) is 30.8 Å². The van der Waals surface area contributed by atoms with Crippen LogP contribution in [0, 0.1) is 13.8 Å². The highest BCUT2D eigenvalue weighted by molar-refractivity contribution is 5.28. The molecular weight excluding hydrogens is 254 g/mol. The van der Waals surface area contributed by atoms with Gasteiger partial charge in [0.25, 0.3) is 0 Å². The third kappa shape index (κ3) is 2.59. The van der Waals surface area contributed by atoms with E-state index < -0.39 is 0 Å². The Morgan fingerprint density at radius 1 is 1.35 bits per heavy atom. The fraction of sp³-hybridized carbons (Fsp3) is 0.615. The van der Waals surface area contributed by atoms with Crippen molar-refractivity contribution in [1.29, 1.82) is 0 Å². The minimum absolute atomic E-state index is 0.0228. The summed E-state index contributed by atoms with van der Waals surface area (Å²) in [5.74, 6) is 6.67. The van der Waals surface area contributed by atoms with Gasteiger partial charge in [0.1, 0.15) is 12.2 Å². The van der Waals surface area contributed by atoms with Crippen molar-refractivity contribution in [2.75, 3.05) is 0 Å². The van der Waals surface area contributed by atoms with Crippen LogP contribution in [0.4, 0.5) is 0 Å². The summed E-state index contributed by atoms with van der Waals surface area (Å²) in [4.78, 5) is 4.35. The number of nitrogens with two attached hydrogens (primary N) is 1. The standard InChI is InChI=1S/C13H23N7/c1-8(2)20-12(15-7-16-20)6-11(17-14)13-9(3)18-19(5)10(13)4/h7-8,11,17H,6,14H2,1-5H3. The van der Waals surface area contributed by atoms with Crippen LogP contribution in [0.25, 0.3) is 0 Å². The summed E-state index contributed by atoms with van der Waals surface area (Å²) in [5.41, 5.74) is 6.12. The molecular formula is C13H23N7. The van der Waals surface area contributed by atoms with Gasteiger partial charge in [-0.2, -0.15) is 10.2 Å². The maximum Gasteiger partial charge on any atom is 0.138 e. The first-order chi connectivity index (χ1) is 9.45. The first-order valence-corrected chi connectivity index (χ1v) is 6.80. The molecule has 2 aromatic rings. The lowest BCUT2D eigenvalue weighted by atomic mass is 10.0. The molecule has 0 aliphatic rings. The number of hydrazine groups is 1. The minimum Gasteiger partial charge on any atom is -0.272 e. The molecule has 0 radical (unpaired) electrons. The van der Waals surface area contributed by atoms with E-state index in [0.717, 1.165) is 22.8 Å². The lowest BCUT2D eigenvalue weighted by Crippen LogP contribution is -2.31. The summed E-state index contributed by atoms with van der Waals surface area (Å²) in [6, 6.07) is 0.257. The second kappa shape index (κ2) is 5.72. The van der Waals surface area contributed by atoms with E-state index in [1.807, 2.05) is 30.3 Å². The monoisotopic (exact) mass is 277 g/mol. The van der Waals surface area contributed by atoms with E-state index in [0.29, 0.717) is 6.42 Å². The van der Waals surface area contributed by atoms with Gasteiger partial charge in [0.2, 0.25) is 0 Å². The largest absolute Gasteiger partial charge is 0.272 e. The molecule has 0 aromatic carbocycles. The molecule has 2 aromatic heterocycles. The van der Waals surface area contributed by atoms with Gasteiger partial charge >= 0.3 is 0 Å². The third-order valence-electron chi connectivity index (χ3n) is 3.64. The smallest absolute Gasteiger partial charge is 0.138 e. The van der Waals surface area contributed by atoms with Crippen LogP contribution in [0.1, 0.15) is 48.7 Å². The topological polar surface area (TPSA) is 86.6 Å². The van der Waals surface area contributed by atoms with Gasteiger partial charge in [-0.3, -0.25) is 16.0 Å². The van der Waals surface area contributed by atoms with Crippen molar-refractivity contribution >= 4 is 0 Å². The van der Waals surface area contributed by atoms with Gasteiger partial charge in [-0.05, 0) is 27.7 Å². The highest BCUT2D eigenvalue weighted by Crippen LogP contribution is 2.24. The molecule has 1 atom stereocenters. The summed E-state index contributed by atoms with van der Waals surface area (Å²) >= 11 is 0. The van der Waals surface area contributed by atoms with Crippen molar-refractivity contribution in [2.45, 2.75) is 46.2 Å². The highest BCUT2D eigenvalue weighted by atomic mass is 15.4. The number of hydrogen-bond donors (Lipinski definition) is 2. The molecule has 0 saturated carbocycles. The molecule has 0 spiro atoms. The average Bonchev–Trinajstić information content (AvgIpc) is 2.94. The van der Waals surface area contributed by atoms with Crippen molar-refractivity contribution in [2.24, 2.45) is 12.9 Å². The molecule has 0 amide bonds. The minimum atomic E-state index is -0.0228. The SMILES string of the molecule is Cc1nn(C)c(C)c1C(Cc1ncnn1C(C)C)NN. The number of nitrogens with one attached hydrogen (secondary N) is 1. The van der Waals surface area contributed by atoms with E-state index in [4.69, 9.17) is 5.84 Å². The van der Waals surface area contributed by atoms with Crippen LogP contribution >= 0.6 is 0 Å². The summed E-state index contributed by atoms with van der Waals surface area (Å²) < 4.78 is 3.80. The van der Waals surface area contributed by atoms with E-state index >= 15 is 0 Å². The van der Waals surface area contributed by atoms with E-state index in [1.54, 1.807) is 6.33 Å². The predicted octanol–water partition coefficient (Wildman–Crippen LogP) is 0.956. The molecule has 2 heterocycles. The van der Waals surface area contributed by atoms with Crippen LogP contribution < -0.4 is 11.3 Å². The van der Waals surface area contributed by atoms with E-state index in [-0.39, 0.29) is 12.1 Å². The molecule has 2 rings (SSSR count). The number of hydrogen-bond acceptors (Lipinski definition) is 5. The van der Waals surface area contributed by atoms with Gasteiger partial charge in [0.15, 0.2) is 0 Å². The Labute approximate surface area is 119 Å². The molecule has 0 bridgehead atoms. The molecule has 110 valence electrons. The van der Waals surface area contributed by atoms with Crippen molar-refractivity contribution in [3.05, 3.63) is 29.1 Å². The molecule has 0 fully saturated rings. The summed E-state index contributed by atoms with van der Waals surface area (Å²) in [6.45, 7) is 8.22. The number of nitrogens with zero attached hydrogens (tertiary/aromatic N) is 5. The molecule has 3 N–H and O–H groups in total. The van der Waals surface area contributed by atoms with Crippen LogP contribution in [0.2, 0.25) is 0 Å². The van der Waals surface area contributed by atoms with Gasteiger partial charge < -0.3 is 0 Å². The van der Waals surface area contributed by atoms with Crippen molar-refractivity contribution in [3.8, 4) is 0 Å². The first kappa shape index (κ1) is 14.7. The Balaban J connectivity index is 2.32. The zero-order valence-electron chi connectivity index (χ0n) is 12.8. The van der Waals surface area contributed by atoms with Crippen molar-refractivity contribution in [1.82, 2.24) is 30.0 Å². The molecule has 20 heavy (non-hydrogen) atoms. The maximum atomic E-state index is 5.75. The molecule has 0 aliphatic heterocycles. The number of aryl methyl sites for hydroxylation is 2. The second-order valence-electron chi connectivity index (χ2n) is 5.35. The maximum absolute atomic E-state index is 5.75. The Kier molecular flexibility index (Phi) is 4.20. The van der Waals surface area contributed by atoms with E-state index in [9.17, 15) is 0 Å². The summed E-state index contributed by atoms with van der Waals surface area (Å²) in [6.07, 6.45) is 2.27. The van der Waals surface area contributed by atoms with Gasteiger partial charge in [-0.15, -0.1) is 0 Å². The molecule has 1 unspecified atom stereocenters. The normalized spacial score (nSPS) is 13.2. The van der Waals surface area contributed by atoms with Crippen LogP contribution in [-0.2, 0) is 13.5 Å². The Morgan fingerprint density at radius 3 is 2.55 bits per heavy atom. The van der Waals surface area contributed by atoms with Crippen LogP contribution in [0.3, 0.4) is 0 Å². The summed E-state index contributed by atoms with van der Waals surface area (Å²) in [5, 5.41) is 8.71. The highest BCUT2D eigenvalue weighted by Gasteiger charge is 2.22. The molecule has 0 saturated heterocycles. The Bertz CT molecular complexity index is 582. The van der Waals surface area contributed by atoms with Crippen molar-refractivity contribution < 1.29 is 0 Å². The molecule has 0 aliphatic carbocycles. The van der Waals surface area contributed by atoms with Gasteiger partial charge in [-0.1, -0.05) is 0 Å². The summed E-state index contributed by atoms with van der Waals surface area (Å²) in [7, 11) is 1.94. The van der Waals surface area contributed by atoms with E-state index in [1.165, 1.54) is 0 Å². The first-order valence-electron chi connectivity index (χ1n) is 6.80. The lowest BCUT2D eigenvalue weighted by Gasteiger charge is -2.18. The third-order valence-corrected chi connectivity index (χ3v) is 3.64. The quantitative estimate of drug-likeness (QED) is 0.628. The van der Waals surface area contributed by atoms with Crippen LogP contribution in [0.5, 0.6) is 0 Å². The Morgan fingerprint density at radius 2 is 2.05 bits per heavy atom. The Hall–Kier alpha value is -1.73. The molecule has 7 nitrogen and oxygen atoms in total. The van der Waals surface area contributed by atoms with Gasteiger partial charge in [0.05, 0.1) is 11.7 Å². The lowest BCUT2D eigenvalue weighted by molar-refractivity contribution is 0.467. The van der Waals surface area contributed by atoms with Crippen molar-refractivity contribution in [3.63, 3.8) is 0 Å². The van der Waals surface area contributed by atoms with E-state index in [2.05, 4.69) is 34.5 Å². The fourth-order valence-electron chi connectivity index (χ4n) is 2.57. The fourth-order valence-corrected chi connectivity index (χ4v) is 2.57. The predicted molar refractivity (Wildman–Crippen MR) is 76.9 cm³/mol. The van der Waals surface area contributed by atoms with Crippen LogP contribution in [-0.4, -0.2) is 24.5 Å². The average molecular weight is 277 g/mol. The zero-order valence-corrected chi connectivity index (χ0v) is 12.8. The second-order valence-corrected chi connectivity index (χ2v) is 5.35. The number of rotatable bonds is 5. The van der Waals surface area contributed by atoms with Crippen LogP contribution in [0.15, 0.2) is 6.33 Å². The zero-order chi connectivity index (χ0) is 14.9. The van der Waals surface area contributed by atoms with Gasteiger partial charge in [-0.25, -0.2) is 9.67 Å².